The summed E-state index contributed by atoms with van der Waals surface area (Å²) in [6.07, 6.45) is 0.824. The molecule has 1 aromatic carbocycles. The van der Waals surface area contributed by atoms with E-state index in [2.05, 4.69) is 22.5 Å². The SMILES string of the molecule is C=CC(O)c1ccc(Cl)cc1Br. The number of aliphatic hydroxyl groups excluding tert-OH is 1. The van der Waals surface area contributed by atoms with Crippen molar-refractivity contribution < 1.29 is 5.11 Å². The van der Waals surface area contributed by atoms with Crippen molar-refractivity contribution in [1.29, 1.82) is 0 Å². The molecule has 0 saturated heterocycles. The first-order valence-corrected chi connectivity index (χ1v) is 4.58. The molecule has 12 heavy (non-hydrogen) atoms. The van der Waals surface area contributed by atoms with Crippen molar-refractivity contribution in [2.45, 2.75) is 6.10 Å². The Morgan fingerprint density at radius 1 is 1.58 bits per heavy atom. The van der Waals surface area contributed by atoms with Crippen LogP contribution in [0.25, 0.3) is 0 Å². The number of hydrogen-bond donors (Lipinski definition) is 1. The summed E-state index contributed by atoms with van der Waals surface area (Å²) < 4.78 is 0.794. The molecule has 1 unspecified atom stereocenters. The molecule has 0 bridgehead atoms. The van der Waals surface area contributed by atoms with Crippen LogP contribution in [0, 0.1) is 0 Å². The van der Waals surface area contributed by atoms with Crippen molar-refractivity contribution in [3.05, 3.63) is 45.9 Å². The number of hydrogen-bond acceptors (Lipinski definition) is 1. The second kappa shape index (κ2) is 4.08. The van der Waals surface area contributed by atoms with Gasteiger partial charge in [-0.25, -0.2) is 0 Å². The van der Waals surface area contributed by atoms with Crippen molar-refractivity contribution >= 4 is 27.5 Å². The normalized spacial score (nSPS) is 12.6. The van der Waals surface area contributed by atoms with E-state index in [9.17, 15) is 5.11 Å². The third-order valence-corrected chi connectivity index (χ3v) is 2.43. The molecule has 0 heterocycles. The molecule has 0 amide bonds. The topological polar surface area (TPSA) is 20.2 Å². The van der Waals surface area contributed by atoms with E-state index in [1.54, 1.807) is 18.2 Å². The lowest BCUT2D eigenvalue weighted by Gasteiger charge is -2.07. The highest BCUT2D eigenvalue weighted by Gasteiger charge is 2.06. The maximum atomic E-state index is 9.41. The van der Waals surface area contributed by atoms with Crippen molar-refractivity contribution in [1.82, 2.24) is 0 Å². The zero-order chi connectivity index (χ0) is 9.14. The molecule has 3 heteroatoms. The molecule has 1 rings (SSSR count). The molecule has 1 N–H and O–H groups in total. The lowest BCUT2D eigenvalue weighted by Crippen LogP contribution is -1.93. The lowest BCUT2D eigenvalue weighted by molar-refractivity contribution is 0.228. The van der Waals surface area contributed by atoms with Gasteiger partial charge in [-0.1, -0.05) is 39.7 Å². The van der Waals surface area contributed by atoms with Gasteiger partial charge in [0, 0.05) is 9.50 Å². The van der Waals surface area contributed by atoms with E-state index in [0.717, 1.165) is 10.0 Å². The fraction of sp³-hybridized carbons (Fsp3) is 0.111. The zero-order valence-electron chi connectivity index (χ0n) is 6.30. The fourth-order valence-corrected chi connectivity index (χ4v) is 1.79. The number of halogens is 2. The van der Waals surface area contributed by atoms with Crippen LogP contribution in [0.1, 0.15) is 11.7 Å². The lowest BCUT2D eigenvalue weighted by atomic mass is 10.1. The molecule has 0 aliphatic rings. The second-order valence-electron chi connectivity index (χ2n) is 2.35. The van der Waals surface area contributed by atoms with Crippen molar-refractivity contribution in [3.63, 3.8) is 0 Å². The van der Waals surface area contributed by atoms with Crippen LogP contribution in [0.5, 0.6) is 0 Å². The Hall–Kier alpha value is -0.310. The van der Waals surface area contributed by atoms with Crippen LogP contribution in [0.4, 0.5) is 0 Å². The Kier molecular flexibility index (Phi) is 3.32. The summed E-state index contributed by atoms with van der Waals surface area (Å²) in [5.41, 5.74) is 0.773. The van der Waals surface area contributed by atoms with Crippen LogP contribution in [0.3, 0.4) is 0 Å². The van der Waals surface area contributed by atoms with E-state index in [1.165, 1.54) is 6.08 Å². The van der Waals surface area contributed by atoms with Crippen LogP contribution >= 0.6 is 27.5 Å². The highest BCUT2D eigenvalue weighted by atomic mass is 79.9. The largest absolute Gasteiger partial charge is 0.384 e. The average Bonchev–Trinajstić information content (AvgIpc) is 2.03. The summed E-state index contributed by atoms with van der Waals surface area (Å²) >= 11 is 9.02. The average molecular weight is 248 g/mol. The number of aliphatic hydroxyl groups is 1. The highest BCUT2D eigenvalue weighted by molar-refractivity contribution is 9.10. The maximum Gasteiger partial charge on any atom is 0.0980 e. The molecule has 0 radical (unpaired) electrons. The van der Waals surface area contributed by atoms with Crippen LogP contribution in [0.15, 0.2) is 35.3 Å². The quantitative estimate of drug-likeness (QED) is 0.795. The van der Waals surface area contributed by atoms with Crippen molar-refractivity contribution in [2.24, 2.45) is 0 Å². The van der Waals surface area contributed by atoms with Gasteiger partial charge in [0.1, 0.15) is 0 Å². The summed E-state index contributed by atoms with van der Waals surface area (Å²) in [5.74, 6) is 0. The Labute approximate surface area is 84.8 Å². The Morgan fingerprint density at radius 3 is 2.75 bits per heavy atom. The minimum Gasteiger partial charge on any atom is -0.384 e. The molecule has 0 aliphatic heterocycles. The third-order valence-electron chi connectivity index (χ3n) is 1.50. The molecular formula is C9H8BrClO. The van der Waals surface area contributed by atoms with E-state index >= 15 is 0 Å². The van der Waals surface area contributed by atoms with Gasteiger partial charge >= 0.3 is 0 Å². The molecule has 0 saturated carbocycles. The number of benzene rings is 1. The maximum absolute atomic E-state index is 9.41. The Bertz CT molecular complexity index is 299. The van der Waals surface area contributed by atoms with Gasteiger partial charge in [0.05, 0.1) is 6.10 Å². The molecule has 1 atom stereocenters. The van der Waals surface area contributed by atoms with Crippen LogP contribution in [-0.2, 0) is 0 Å². The molecule has 0 spiro atoms. The van der Waals surface area contributed by atoms with E-state index < -0.39 is 6.10 Å². The van der Waals surface area contributed by atoms with E-state index in [-0.39, 0.29) is 0 Å². The highest BCUT2D eigenvalue weighted by Crippen LogP contribution is 2.26. The summed E-state index contributed by atoms with van der Waals surface area (Å²) in [6, 6.07) is 5.23. The third kappa shape index (κ3) is 2.09. The van der Waals surface area contributed by atoms with Gasteiger partial charge in [-0.15, -0.1) is 6.58 Å². The van der Waals surface area contributed by atoms with Gasteiger partial charge < -0.3 is 5.11 Å². The minimum atomic E-state index is -0.642. The van der Waals surface area contributed by atoms with Gasteiger partial charge in [-0.05, 0) is 17.7 Å². The molecule has 1 aromatic rings. The smallest absolute Gasteiger partial charge is 0.0980 e. The number of rotatable bonds is 2. The summed E-state index contributed by atoms with van der Waals surface area (Å²) in [5, 5.41) is 10.1. The van der Waals surface area contributed by atoms with E-state index in [0.29, 0.717) is 5.02 Å². The van der Waals surface area contributed by atoms with Crippen molar-refractivity contribution in [2.75, 3.05) is 0 Å². The fourth-order valence-electron chi connectivity index (χ4n) is 0.868. The summed E-state index contributed by atoms with van der Waals surface area (Å²) in [6.45, 7) is 3.50. The molecule has 0 aliphatic carbocycles. The van der Waals surface area contributed by atoms with Crippen LogP contribution in [0.2, 0.25) is 5.02 Å². The van der Waals surface area contributed by atoms with Gasteiger partial charge in [0.15, 0.2) is 0 Å². The van der Waals surface area contributed by atoms with Gasteiger partial charge in [0.2, 0.25) is 0 Å². The van der Waals surface area contributed by atoms with E-state index in [4.69, 9.17) is 11.6 Å². The molecular weight excluding hydrogens is 239 g/mol. The summed E-state index contributed by atoms with van der Waals surface area (Å²) in [7, 11) is 0. The van der Waals surface area contributed by atoms with Crippen LogP contribution < -0.4 is 0 Å². The van der Waals surface area contributed by atoms with E-state index in [1.807, 2.05) is 0 Å². The summed E-state index contributed by atoms with van der Waals surface area (Å²) in [4.78, 5) is 0. The van der Waals surface area contributed by atoms with Gasteiger partial charge in [-0.3, -0.25) is 0 Å². The predicted octanol–water partition coefficient (Wildman–Crippen LogP) is 3.32. The first kappa shape index (κ1) is 9.78. The van der Waals surface area contributed by atoms with Crippen LogP contribution in [-0.4, -0.2) is 5.11 Å². The first-order valence-electron chi connectivity index (χ1n) is 3.40. The molecule has 1 nitrogen and oxygen atoms in total. The van der Waals surface area contributed by atoms with Gasteiger partial charge in [0.25, 0.3) is 0 Å². The second-order valence-corrected chi connectivity index (χ2v) is 3.64. The Balaban J connectivity index is 3.09. The molecule has 0 aromatic heterocycles. The zero-order valence-corrected chi connectivity index (χ0v) is 8.64. The predicted molar refractivity (Wildman–Crippen MR) is 54.3 cm³/mol. The molecule has 64 valence electrons. The monoisotopic (exact) mass is 246 g/mol. The van der Waals surface area contributed by atoms with Gasteiger partial charge in [-0.2, -0.15) is 0 Å². The minimum absolute atomic E-state index is 0.641. The standard InChI is InChI=1S/C9H8BrClO/c1-2-9(12)7-4-3-6(11)5-8(7)10/h2-5,9,12H,1H2. The van der Waals surface area contributed by atoms with Crippen molar-refractivity contribution in [3.8, 4) is 0 Å². The molecule has 0 fully saturated rings. The Morgan fingerprint density at radius 2 is 2.25 bits per heavy atom. The first-order chi connectivity index (χ1) is 5.65.